The Morgan fingerprint density at radius 3 is 2.93 bits per heavy atom. The number of pyridine rings is 1. The van der Waals surface area contributed by atoms with Crippen molar-refractivity contribution in [1.82, 2.24) is 4.98 Å². The number of hydrogen-bond donors (Lipinski definition) is 3. The van der Waals surface area contributed by atoms with Gasteiger partial charge in [0, 0.05) is 6.54 Å². The number of nitrogen functional groups attached to an aromatic ring is 1. The van der Waals surface area contributed by atoms with Crippen LogP contribution in [0.4, 0.5) is 17.3 Å². The molecule has 0 spiro atoms. The first kappa shape index (κ1) is 11.2. The molecule has 1 aromatic rings. The fourth-order valence-electron chi connectivity index (χ4n) is 0.985. The lowest BCUT2D eigenvalue weighted by Crippen LogP contribution is -2.16. The molecule has 0 bridgehead atoms. The second-order valence-electron chi connectivity index (χ2n) is 3.12. The predicted octanol–water partition coefficient (Wildman–Crippen LogP) is 0.365. The molecule has 7 nitrogen and oxygen atoms in total. The highest BCUT2D eigenvalue weighted by Gasteiger charge is 2.09. The minimum absolute atomic E-state index is 0.0669. The van der Waals surface area contributed by atoms with Crippen molar-refractivity contribution in [2.75, 3.05) is 17.6 Å². The van der Waals surface area contributed by atoms with Gasteiger partial charge in [-0.25, -0.2) is 4.98 Å². The Hall–Kier alpha value is -1.89. The Bertz CT molecular complexity index is 367. The quantitative estimate of drug-likeness (QED) is 0.490. The lowest BCUT2D eigenvalue weighted by atomic mass is 10.3. The molecule has 1 aromatic heterocycles. The second kappa shape index (κ2) is 4.56. The van der Waals surface area contributed by atoms with Crippen molar-refractivity contribution in [3.05, 3.63) is 22.2 Å². The SMILES string of the molecule is CC(O)CNc1cc([N+](=O)[O-])cc(N)n1. The molecule has 0 aliphatic rings. The summed E-state index contributed by atoms with van der Waals surface area (Å²) in [7, 11) is 0. The summed E-state index contributed by atoms with van der Waals surface area (Å²) in [6, 6.07) is 2.44. The Morgan fingerprint density at radius 2 is 2.40 bits per heavy atom. The number of nitro groups is 1. The number of hydrogen-bond acceptors (Lipinski definition) is 6. The van der Waals surface area contributed by atoms with Crippen molar-refractivity contribution in [2.24, 2.45) is 0 Å². The van der Waals surface area contributed by atoms with Crippen LogP contribution >= 0.6 is 0 Å². The average Bonchev–Trinajstić information content (AvgIpc) is 2.13. The van der Waals surface area contributed by atoms with Crippen molar-refractivity contribution in [3.63, 3.8) is 0 Å². The summed E-state index contributed by atoms with van der Waals surface area (Å²) in [4.78, 5) is 13.8. The molecular formula is C8H12N4O3. The Balaban J connectivity index is 2.84. The van der Waals surface area contributed by atoms with Gasteiger partial charge in [-0.15, -0.1) is 0 Å². The van der Waals surface area contributed by atoms with Gasteiger partial charge in [0.1, 0.15) is 11.6 Å². The van der Waals surface area contributed by atoms with Crippen LogP contribution in [0.15, 0.2) is 12.1 Å². The molecular weight excluding hydrogens is 200 g/mol. The molecule has 0 saturated carbocycles. The van der Waals surface area contributed by atoms with E-state index in [1.807, 2.05) is 0 Å². The normalized spacial score (nSPS) is 12.1. The minimum Gasteiger partial charge on any atom is -0.392 e. The van der Waals surface area contributed by atoms with Crippen molar-refractivity contribution in [3.8, 4) is 0 Å². The lowest BCUT2D eigenvalue weighted by molar-refractivity contribution is -0.384. The maximum atomic E-state index is 10.5. The molecule has 0 amide bonds. The number of aromatic nitrogens is 1. The van der Waals surface area contributed by atoms with E-state index in [1.54, 1.807) is 6.92 Å². The van der Waals surface area contributed by atoms with E-state index >= 15 is 0 Å². The third-order valence-corrected chi connectivity index (χ3v) is 1.62. The first-order valence-corrected chi connectivity index (χ1v) is 4.33. The maximum absolute atomic E-state index is 10.5. The third-order valence-electron chi connectivity index (χ3n) is 1.62. The Labute approximate surface area is 86.1 Å². The van der Waals surface area contributed by atoms with Crippen LogP contribution in [0.3, 0.4) is 0 Å². The topological polar surface area (TPSA) is 114 Å². The van der Waals surface area contributed by atoms with Crippen molar-refractivity contribution in [2.45, 2.75) is 13.0 Å². The summed E-state index contributed by atoms with van der Waals surface area (Å²) in [6.07, 6.45) is -0.563. The molecule has 1 atom stereocenters. The van der Waals surface area contributed by atoms with Gasteiger partial charge in [-0.1, -0.05) is 0 Å². The van der Waals surface area contributed by atoms with Gasteiger partial charge < -0.3 is 16.2 Å². The molecule has 1 heterocycles. The number of rotatable bonds is 4. The van der Waals surface area contributed by atoms with Gasteiger partial charge in [0.25, 0.3) is 5.69 Å². The lowest BCUT2D eigenvalue weighted by Gasteiger charge is -2.07. The highest BCUT2D eigenvalue weighted by molar-refractivity contribution is 5.52. The zero-order valence-electron chi connectivity index (χ0n) is 8.17. The smallest absolute Gasteiger partial charge is 0.276 e. The first-order valence-electron chi connectivity index (χ1n) is 4.33. The average molecular weight is 212 g/mol. The molecule has 4 N–H and O–H groups in total. The van der Waals surface area contributed by atoms with Crippen LogP contribution in [0.25, 0.3) is 0 Å². The summed E-state index contributed by atoms with van der Waals surface area (Å²) < 4.78 is 0. The molecule has 0 fully saturated rings. The zero-order valence-corrected chi connectivity index (χ0v) is 8.17. The van der Waals surface area contributed by atoms with Crippen LogP contribution < -0.4 is 11.1 Å². The Morgan fingerprint density at radius 1 is 1.73 bits per heavy atom. The van der Waals surface area contributed by atoms with Crippen LogP contribution in [0, 0.1) is 10.1 Å². The molecule has 1 rings (SSSR count). The molecule has 15 heavy (non-hydrogen) atoms. The van der Waals surface area contributed by atoms with Crippen LogP contribution in [0.5, 0.6) is 0 Å². The molecule has 0 aliphatic heterocycles. The van der Waals surface area contributed by atoms with Crippen molar-refractivity contribution < 1.29 is 10.0 Å². The molecule has 82 valence electrons. The van der Waals surface area contributed by atoms with Gasteiger partial charge in [0.15, 0.2) is 0 Å². The maximum Gasteiger partial charge on any atom is 0.276 e. The predicted molar refractivity (Wildman–Crippen MR) is 55.5 cm³/mol. The number of nitrogens with one attached hydrogen (secondary N) is 1. The fourth-order valence-corrected chi connectivity index (χ4v) is 0.985. The van der Waals surface area contributed by atoms with Gasteiger partial charge in [0.2, 0.25) is 0 Å². The second-order valence-corrected chi connectivity index (χ2v) is 3.12. The highest BCUT2D eigenvalue weighted by Crippen LogP contribution is 2.18. The first-order chi connectivity index (χ1) is 6.99. The zero-order chi connectivity index (χ0) is 11.4. The van der Waals surface area contributed by atoms with Crippen LogP contribution in [-0.2, 0) is 0 Å². The number of aliphatic hydroxyl groups excluding tert-OH is 1. The van der Waals surface area contributed by atoms with Gasteiger partial charge in [-0.05, 0) is 6.92 Å². The summed E-state index contributed by atoms with van der Waals surface area (Å²) in [6.45, 7) is 1.85. The van der Waals surface area contributed by atoms with Gasteiger partial charge >= 0.3 is 0 Å². The number of nitrogens with zero attached hydrogens (tertiary/aromatic N) is 2. The van der Waals surface area contributed by atoms with Crippen molar-refractivity contribution >= 4 is 17.3 Å². The molecule has 0 radical (unpaired) electrons. The van der Waals surface area contributed by atoms with E-state index in [1.165, 1.54) is 12.1 Å². The Kier molecular flexibility index (Phi) is 3.40. The third kappa shape index (κ3) is 3.39. The van der Waals surface area contributed by atoms with Crippen LogP contribution in [-0.4, -0.2) is 27.7 Å². The van der Waals surface area contributed by atoms with E-state index in [2.05, 4.69) is 10.3 Å². The fraction of sp³-hybridized carbons (Fsp3) is 0.375. The van der Waals surface area contributed by atoms with E-state index in [9.17, 15) is 10.1 Å². The van der Waals surface area contributed by atoms with Crippen molar-refractivity contribution in [1.29, 1.82) is 0 Å². The van der Waals surface area contributed by atoms with E-state index in [0.29, 0.717) is 0 Å². The van der Waals surface area contributed by atoms with Gasteiger partial charge in [0.05, 0.1) is 23.2 Å². The molecule has 1 unspecified atom stereocenters. The molecule has 0 aliphatic carbocycles. The standard InChI is InChI=1S/C8H12N4O3/c1-5(13)4-10-8-3-6(12(14)15)2-7(9)11-8/h2-3,5,13H,4H2,1H3,(H3,9,10,11). The van der Waals surface area contributed by atoms with E-state index in [4.69, 9.17) is 10.8 Å². The largest absolute Gasteiger partial charge is 0.392 e. The minimum atomic E-state index is -0.563. The van der Waals surface area contributed by atoms with E-state index in [-0.39, 0.29) is 23.9 Å². The summed E-state index contributed by atoms with van der Waals surface area (Å²) in [5.74, 6) is 0.347. The van der Waals surface area contributed by atoms with Crippen LogP contribution in [0.2, 0.25) is 0 Å². The monoisotopic (exact) mass is 212 g/mol. The number of anilines is 2. The molecule has 0 saturated heterocycles. The van der Waals surface area contributed by atoms with Gasteiger partial charge in [-0.3, -0.25) is 10.1 Å². The summed E-state index contributed by atoms with van der Waals surface area (Å²) in [5, 5.41) is 22.2. The summed E-state index contributed by atoms with van der Waals surface area (Å²) in [5.41, 5.74) is 5.26. The molecule has 0 aromatic carbocycles. The van der Waals surface area contributed by atoms with E-state index in [0.717, 1.165) is 0 Å². The van der Waals surface area contributed by atoms with Gasteiger partial charge in [-0.2, -0.15) is 0 Å². The van der Waals surface area contributed by atoms with E-state index < -0.39 is 11.0 Å². The summed E-state index contributed by atoms with van der Waals surface area (Å²) >= 11 is 0. The molecule has 7 heteroatoms. The van der Waals surface area contributed by atoms with Crippen LogP contribution in [0.1, 0.15) is 6.92 Å². The number of nitrogens with two attached hydrogens (primary N) is 1. The number of aliphatic hydroxyl groups is 1. The highest BCUT2D eigenvalue weighted by atomic mass is 16.6.